The maximum atomic E-state index is 13.9. The second-order valence-electron chi connectivity index (χ2n) is 30.1. The van der Waals surface area contributed by atoms with Crippen LogP contribution in [0.5, 0.6) is 11.5 Å². The van der Waals surface area contributed by atoms with E-state index in [4.69, 9.17) is 54.8 Å². The number of nitrogens with one attached hydrogen (secondary N) is 7. The molecule has 2 aliphatic rings. The Labute approximate surface area is 727 Å². The number of carbonyl (C=O) groups excluding carboxylic acids is 6. The number of ether oxygens (including phenoxy) is 9. The van der Waals surface area contributed by atoms with Gasteiger partial charge in [-0.3, -0.25) is 43.6 Å². The highest BCUT2D eigenvalue weighted by Gasteiger charge is 2.37. The van der Waals surface area contributed by atoms with Gasteiger partial charge in [0, 0.05) is 114 Å². The van der Waals surface area contributed by atoms with Crippen molar-refractivity contribution in [3.05, 3.63) is 154 Å². The normalized spacial score (nSPS) is 15.1. The lowest BCUT2D eigenvalue weighted by Gasteiger charge is -2.24. The summed E-state index contributed by atoms with van der Waals surface area (Å²) in [5, 5.41) is 69.7. The van der Waals surface area contributed by atoms with Gasteiger partial charge in [0.25, 0.3) is 11.8 Å². The van der Waals surface area contributed by atoms with Crippen molar-refractivity contribution in [3.63, 3.8) is 0 Å². The first-order chi connectivity index (χ1) is 60.0. The van der Waals surface area contributed by atoms with E-state index in [2.05, 4.69) is 75.8 Å². The first kappa shape index (κ1) is 98.9. The molecular formula is C86H118BN13O23S. The molecule has 0 radical (unpaired) electrons. The Hall–Kier alpha value is -10.5. The molecule has 3 atom stereocenters. The van der Waals surface area contributed by atoms with Crippen LogP contribution in [-0.2, 0) is 94.3 Å². The fraction of sp³-hybridized carbons (Fsp3) is 0.523. The number of unbranched alkanes of at least 4 members (excludes halogenated alkanes) is 2. The van der Waals surface area contributed by atoms with Crippen molar-refractivity contribution >= 4 is 94.4 Å². The predicted octanol–water partition coefficient (Wildman–Crippen LogP) is 4.03. The van der Waals surface area contributed by atoms with Crippen molar-refractivity contribution < 1.29 is 111 Å². The molecule has 124 heavy (non-hydrogen) atoms. The van der Waals surface area contributed by atoms with E-state index in [-0.39, 0.29) is 114 Å². The van der Waals surface area contributed by atoms with Crippen molar-refractivity contribution in [3.8, 4) is 11.5 Å². The minimum absolute atomic E-state index is 0.00617. The largest absolute Gasteiger partial charge is 0.493 e. The molecule has 8 rings (SSSR count). The van der Waals surface area contributed by atoms with Crippen LogP contribution >= 0.6 is 12.2 Å². The molecular weight excluding hydrogens is 1630 g/mol. The molecule has 6 amide bonds. The van der Waals surface area contributed by atoms with Crippen molar-refractivity contribution in [2.75, 3.05) is 170 Å². The number of rotatable bonds is 48. The SMILES string of the molecule is CC(C)Cc1ccc(CC(=O)NCCCC[C@H](NC(=O)[C@H](CCCCNC(=S)Nc2ccc(CCOc3cc(CN4CCOCCOCCN(Cc5cccc(C(=O)O)n5)CCOCCOCC4)nc(C(=O)O)c3)cc2)NC(=O)CCOCCOCCOCCNC(=O)COc2ccc3c(C(=O)NCC(=O)N4CCC[C@H]4B(O)O)ccnc3c2)C(=O)O)cc1. The molecule has 2 aliphatic heterocycles. The first-order valence-corrected chi connectivity index (χ1v) is 42.5. The molecule has 38 heteroatoms. The molecule has 0 aliphatic carbocycles. The summed E-state index contributed by atoms with van der Waals surface area (Å²) in [6.07, 6.45) is 6.06. The highest BCUT2D eigenvalue weighted by atomic mass is 32.1. The molecule has 6 aromatic rings. The Kier molecular flexibility index (Phi) is 44.4. The number of nitrogens with zero attached hydrogens (tertiary/aromatic N) is 6. The lowest BCUT2D eigenvalue weighted by Crippen LogP contribution is -2.51. The molecule has 3 aromatic carbocycles. The summed E-state index contributed by atoms with van der Waals surface area (Å²) >= 11 is 5.62. The topological polar surface area (TPSA) is 470 Å². The second-order valence-corrected chi connectivity index (χ2v) is 30.5. The average molecular weight is 1740 g/mol. The van der Waals surface area contributed by atoms with E-state index in [0.29, 0.717) is 207 Å². The van der Waals surface area contributed by atoms with E-state index in [1.165, 1.54) is 34.9 Å². The Morgan fingerprint density at radius 3 is 1.81 bits per heavy atom. The predicted molar refractivity (Wildman–Crippen MR) is 462 cm³/mol. The van der Waals surface area contributed by atoms with Gasteiger partial charge in [-0.05, 0) is 135 Å². The van der Waals surface area contributed by atoms with Gasteiger partial charge in [0.15, 0.2) is 17.4 Å². The Morgan fingerprint density at radius 1 is 0.565 bits per heavy atom. The molecule has 3 aromatic heterocycles. The van der Waals surface area contributed by atoms with Crippen LogP contribution in [0.3, 0.4) is 0 Å². The maximum absolute atomic E-state index is 13.9. The summed E-state index contributed by atoms with van der Waals surface area (Å²) in [6.45, 7) is 11.8. The van der Waals surface area contributed by atoms with Crippen LogP contribution in [0.2, 0.25) is 0 Å². The van der Waals surface area contributed by atoms with E-state index in [0.717, 1.165) is 17.5 Å². The van der Waals surface area contributed by atoms with Gasteiger partial charge in [0.2, 0.25) is 23.6 Å². The van der Waals surface area contributed by atoms with Gasteiger partial charge in [-0.1, -0.05) is 56.3 Å². The molecule has 674 valence electrons. The van der Waals surface area contributed by atoms with Crippen LogP contribution in [0.1, 0.15) is 131 Å². The van der Waals surface area contributed by atoms with E-state index >= 15 is 0 Å². The molecule has 36 nitrogen and oxygen atoms in total. The number of benzene rings is 3. The fourth-order valence-corrected chi connectivity index (χ4v) is 13.7. The number of thiocarbonyl (C=S) groups is 1. The van der Waals surface area contributed by atoms with Crippen LogP contribution in [0.25, 0.3) is 10.9 Å². The van der Waals surface area contributed by atoms with E-state index in [9.17, 15) is 68.5 Å². The van der Waals surface area contributed by atoms with Crippen LogP contribution in [-0.4, -0.2) is 303 Å². The molecule has 0 spiro atoms. The number of amides is 6. The highest BCUT2D eigenvalue weighted by molar-refractivity contribution is 7.80. The van der Waals surface area contributed by atoms with Crippen molar-refractivity contribution in [1.29, 1.82) is 0 Å². The molecule has 2 saturated heterocycles. The summed E-state index contributed by atoms with van der Waals surface area (Å²) in [5.41, 5.74) is 5.34. The summed E-state index contributed by atoms with van der Waals surface area (Å²) in [5.74, 6) is -5.74. The lowest BCUT2D eigenvalue weighted by atomic mass is 9.78. The Balaban J connectivity index is 0.715. The number of hydrogen-bond donors (Lipinski definition) is 12. The monoisotopic (exact) mass is 1740 g/mol. The third kappa shape index (κ3) is 37.9. The molecule has 12 N–H and O–H groups in total. The van der Waals surface area contributed by atoms with Crippen molar-refractivity contribution in [2.45, 2.75) is 122 Å². The number of carbonyl (C=O) groups is 9. The number of carboxylic acid groups (broad SMARTS) is 3. The third-order valence-electron chi connectivity index (χ3n) is 19.9. The number of anilines is 1. The minimum atomic E-state index is -1.67. The standard InChI is InChI=1S/C86H118BN13O23S/c1-60(2)51-62-14-16-63(17-15-62)52-78(102)89-27-5-4-11-73(84(109)110)97-82(106)71(96-77(101)26-36-115-43-49-121-50-44-116-38-30-90-79(103)59-123-67-22-23-69-70(24-29-88-74(69)54-67)81(105)92-56-80(104)100-31-8-13-76(100)87(113)114)10-3-6-28-91-86(124)95-64-20-18-61(19-21-64)25-37-122-68-53-66(94-75(55-68)85(111)112)58-99-34-41-119-47-45-117-39-32-98(33-40-118-46-48-120-42-35-99)57-65-9-7-12-72(93-65)83(107)108/h7,9,12,14-24,29,53-55,60,71,73,76,113-114H,3-6,8,10-11,13,25-28,30-52,56-59H2,1-2H3,(H,89,102)(H,90,103)(H,92,105)(H,96,101)(H,97,106)(H,107,108)(H,109,110)(H,111,112)(H2,91,95,124)/t71-,73-,76-/m0/s1. The van der Waals surface area contributed by atoms with Crippen molar-refractivity contribution in [1.82, 2.24) is 61.6 Å². The average Bonchev–Trinajstić information content (AvgIpc) is 0.885. The molecule has 0 saturated carbocycles. The van der Waals surface area contributed by atoms with Crippen LogP contribution in [0.15, 0.2) is 109 Å². The summed E-state index contributed by atoms with van der Waals surface area (Å²) in [6, 6.07) is 27.5. The quantitative estimate of drug-likeness (QED) is 0.0146. The smallest absolute Gasteiger partial charge is 0.475 e. The number of fused-ring (bicyclic) bond motifs is 1. The zero-order valence-electron chi connectivity index (χ0n) is 70.5. The van der Waals surface area contributed by atoms with Gasteiger partial charge in [0.1, 0.15) is 29.3 Å². The Bertz CT molecular complexity index is 4330. The van der Waals surface area contributed by atoms with E-state index < -0.39 is 72.6 Å². The molecule has 5 heterocycles. The van der Waals surface area contributed by atoms with Gasteiger partial charge in [0.05, 0.1) is 140 Å². The van der Waals surface area contributed by atoms with E-state index in [1.807, 2.05) is 48.5 Å². The Morgan fingerprint density at radius 2 is 1.17 bits per heavy atom. The zero-order valence-corrected chi connectivity index (χ0v) is 71.3. The third-order valence-corrected chi connectivity index (χ3v) is 20.2. The molecule has 2 fully saturated rings. The van der Waals surface area contributed by atoms with Crippen LogP contribution in [0.4, 0.5) is 5.69 Å². The number of aromatic nitrogens is 3. The molecule has 0 bridgehead atoms. The first-order valence-electron chi connectivity index (χ1n) is 42.1. The maximum Gasteiger partial charge on any atom is 0.475 e. The number of aliphatic carboxylic acids is 1. The van der Waals surface area contributed by atoms with Gasteiger partial charge in [-0.25, -0.2) is 24.4 Å². The summed E-state index contributed by atoms with van der Waals surface area (Å²) in [7, 11) is -1.67. The minimum Gasteiger partial charge on any atom is -0.493 e. The number of likely N-dealkylation sites (tertiary alicyclic amines) is 1. The van der Waals surface area contributed by atoms with Gasteiger partial charge < -0.3 is 110 Å². The molecule has 0 unspecified atom stereocenters. The highest BCUT2D eigenvalue weighted by Crippen LogP contribution is 2.25. The van der Waals surface area contributed by atoms with Crippen LogP contribution in [0, 0.1) is 5.92 Å². The van der Waals surface area contributed by atoms with Gasteiger partial charge >= 0.3 is 25.0 Å². The van der Waals surface area contributed by atoms with Gasteiger partial charge in [-0.2, -0.15) is 0 Å². The van der Waals surface area contributed by atoms with E-state index in [1.54, 1.807) is 36.4 Å². The number of carboxylic acids is 3. The van der Waals surface area contributed by atoms with Gasteiger partial charge in [-0.15, -0.1) is 0 Å². The van der Waals surface area contributed by atoms with Crippen LogP contribution < -0.4 is 46.7 Å². The second kappa shape index (κ2) is 55.7. The zero-order chi connectivity index (χ0) is 88.6. The lowest BCUT2D eigenvalue weighted by molar-refractivity contribution is -0.142. The fourth-order valence-electron chi connectivity index (χ4n) is 13.5. The summed E-state index contributed by atoms with van der Waals surface area (Å²) < 4.78 is 52.2. The number of pyridine rings is 3. The summed E-state index contributed by atoms with van der Waals surface area (Å²) in [4.78, 5) is 133. The number of aromatic carboxylic acids is 2. The van der Waals surface area contributed by atoms with Crippen molar-refractivity contribution in [2.24, 2.45) is 5.92 Å². The number of hydrogen-bond acceptors (Lipinski definition) is 26.